The first-order chi connectivity index (χ1) is 10.2. The lowest BCUT2D eigenvalue weighted by molar-refractivity contribution is -0.127. The third-order valence-electron chi connectivity index (χ3n) is 7.11. The van der Waals surface area contributed by atoms with E-state index in [1.807, 2.05) is 0 Å². The predicted molar refractivity (Wildman–Crippen MR) is 89.4 cm³/mol. The van der Waals surface area contributed by atoms with Gasteiger partial charge in [0.05, 0.1) is 12.0 Å². The Morgan fingerprint density at radius 1 is 1.18 bits per heavy atom. The monoisotopic (exact) mass is 304 g/mol. The van der Waals surface area contributed by atoms with Crippen LogP contribution in [0.5, 0.6) is 0 Å². The molecule has 4 unspecified atom stereocenters. The topological polar surface area (TPSA) is 37.3 Å². The van der Waals surface area contributed by atoms with Crippen molar-refractivity contribution in [2.45, 2.75) is 79.2 Å². The van der Waals surface area contributed by atoms with Crippen LogP contribution in [0.3, 0.4) is 0 Å². The number of allylic oxidation sites excluding steroid dienone is 1. The lowest BCUT2D eigenvalue weighted by Crippen LogP contribution is -2.50. The highest BCUT2D eigenvalue weighted by atomic mass is 16.3. The number of fused-ring (bicyclic) bond motifs is 2. The van der Waals surface area contributed by atoms with Crippen molar-refractivity contribution in [1.82, 2.24) is 0 Å². The second-order valence-corrected chi connectivity index (χ2v) is 9.21. The van der Waals surface area contributed by atoms with E-state index in [1.165, 1.54) is 24.8 Å². The van der Waals surface area contributed by atoms with E-state index in [0.29, 0.717) is 11.3 Å². The van der Waals surface area contributed by atoms with Crippen molar-refractivity contribution < 1.29 is 9.90 Å². The van der Waals surface area contributed by atoms with Gasteiger partial charge in [0, 0.05) is 0 Å². The number of Topliss-reactive ketones (excluding diaryl/α,β-unsaturated/α-hetero) is 1. The Morgan fingerprint density at radius 2 is 1.86 bits per heavy atom. The molecule has 0 amide bonds. The summed E-state index contributed by atoms with van der Waals surface area (Å²) < 4.78 is 0. The van der Waals surface area contributed by atoms with Crippen LogP contribution in [0.1, 0.15) is 73.1 Å². The van der Waals surface area contributed by atoms with Gasteiger partial charge in [0.15, 0.2) is 5.78 Å². The smallest absolute Gasteiger partial charge is 0.164 e. The normalized spacial score (nSPS) is 41.4. The first kappa shape index (κ1) is 16.2. The predicted octanol–water partition coefficient (Wildman–Crippen LogP) is 4.52. The summed E-state index contributed by atoms with van der Waals surface area (Å²) >= 11 is 0. The SMILES string of the molecule is CC(C)C1C(=O)C2=C(CC1O)C1(C)CCCC(C)(C)C1CC2. The zero-order valence-electron chi connectivity index (χ0n) is 14.9. The Bertz CT molecular complexity index is 514. The number of hydrogen-bond donors (Lipinski definition) is 1. The van der Waals surface area contributed by atoms with Crippen molar-refractivity contribution in [2.24, 2.45) is 28.6 Å². The van der Waals surface area contributed by atoms with Crippen LogP contribution in [0.2, 0.25) is 0 Å². The maximum atomic E-state index is 13.0. The Morgan fingerprint density at radius 3 is 2.50 bits per heavy atom. The van der Waals surface area contributed by atoms with Gasteiger partial charge in [0.25, 0.3) is 0 Å². The molecular formula is C20H32O2. The largest absolute Gasteiger partial charge is 0.392 e. The van der Waals surface area contributed by atoms with E-state index in [2.05, 4.69) is 34.6 Å². The van der Waals surface area contributed by atoms with E-state index in [9.17, 15) is 9.90 Å². The minimum absolute atomic E-state index is 0.133. The number of carbonyl (C=O) groups is 1. The van der Waals surface area contributed by atoms with E-state index in [0.717, 1.165) is 24.8 Å². The van der Waals surface area contributed by atoms with Crippen molar-refractivity contribution in [2.75, 3.05) is 0 Å². The summed E-state index contributed by atoms with van der Waals surface area (Å²) in [7, 11) is 0. The van der Waals surface area contributed by atoms with E-state index >= 15 is 0 Å². The van der Waals surface area contributed by atoms with Crippen LogP contribution in [0.15, 0.2) is 11.1 Å². The molecule has 1 N–H and O–H groups in total. The maximum Gasteiger partial charge on any atom is 0.164 e. The molecule has 2 heteroatoms. The molecule has 3 aliphatic rings. The fourth-order valence-corrected chi connectivity index (χ4v) is 6.06. The number of carbonyl (C=O) groups excluding carboxylic acids is 1. The molecule has 0 aromatic heterocycles. The van der Waals surface area contributed by atoms with Crippen molar-refractivity contribution in [3.8, 4) is 0 Å². The van der Waals surface area contributed by atoms with Gasteiger partial charge < -0.3 is 5.11 Å². The summed E-state index contributed by atoms with van der Waals surface area (Å²) in [6.45, 7) is 11.3. The first-order valence-electron chi connectivity index (χ1n) is 9.13. The standard InChI is InChI=1S/C20H32O2/c1-12(2)17-15(21)11-14-13(18(17)22)7-8-16-19(3,4)9-6-10-20(14,16)5/h12,15-17,21H,6-11H2,1-5H3. The van der Waals surface area contributed by atoms with Gasteiger partial charge in [-0.05, 0) is 60.3 Å². The molecule has 1 saturated carbocycles. The minimum Gasteiger partial charge on any atom is -0.392 e. The Balaban J connectivity index is 2.04. The van der Waals surface area contributed by atoms with E-state index in [-0.39, 0.29) is 23.0 Å². The number of rotatable bonds is 1. The van der Waals surface area contributed by atoms with Crippen LogP contribution >= 0.6 is 0 Å². The summed E-state index contributed by atoms with van der Waals surface area (Å²) in [4.78, 5) is 13.0. The highest BCUT2D eigenvalue weighted by Crippen LogP contribution is 2.61. The van der Waals surface area contributed by atoms with Crippen LogP contribution in [-0.2, 0) is 4.79 Å². The molecule has 4 atom stereocenters. The highest BCUT2D eigenvalue weighted by molar-refractivity contribution is 5.99. The number of aliphatic hydroxyl groups excluding tert-OH is 1. The molecule has 3 aliphatic carbocycles. The summed E-state index contributed by atoms with van der Waals surface area (Å²) in [6.07, 6.45) is 6.06. The molecule has 0 heterocycles. The second-order valence-electron chi connectivity index (χ2n) is 9.21. The molecule has 22 heavy (non-hydrogen) atoms. The van der Waals surface area contributed by atoms with Crippen LogP contribution in [-0.4, -0.2) is 17.0 Å². The number of hydrogen-bond acceptors (Lipinski definition) is 2. The Labute approximate surface area is 135 Å². The van der Waals surface area contributed by atoms with Gasteiger partial charge in [-0.25, -0.2) is 0 Å². The van der Waals surface area contributed by atoms with Gasteiger partial charge in [0.1, 0.15) is 0 Å². The lowest BCUT2D eigenvalue weighted by atomic mass is 9.48. The molecule has 0 aromatic rings. The van der Waals surface area contributed by atoms with Gasteiger partial charge in [0.2, 0.25) is 0 Å². The molecule has 0 bridgehead atoms. The third kappa shape index (κ3) is 2.21. The molecule has 1 fully saturated rings. The molecule has 0 radical (unpaired) electrons. The third-order valence-corrected chi connectivity index (χ3v) is 7.11. The summed E-state index contributed by atoms with van der Waals surface area (Å²) in [6, 6.07) is 0. The summed E-state index contributed by atoms with van der Waals surface area (Å²) in [5.74, 6) is 0.954. The molecule has 0 saturated heterocycles. The molecule has 124 valence electrons. The molecule has 0 aliphatic heterocycles. The van der Waals surface area contributed by atoms with Crippen molar-refractivity contribution in [3.05, 3.63) is 11.1 Å². The molecular weight excluding hydrogens is 272 g/mol. The van der Waals surface area contributed by atoms with Crippen molar-refractivity contribution >= 4 is 5.78 Å². The average Bonchev–Trinajstić information content (AvgIpc) is 2.38. The average molecular weight is 304 g/mol. The van der Waals surface area contributed by atoms with E-state index < -0.39 is 6.10 Å². The highest BCUT2D eigenvalue weighted by Gasteiger charge is 2.54. The summed E-state index contributed by atoms with van der Waals surface area (Å²) in [5.41, 5.74) is 2.91. The zero-order chi connectivity index (χ0) is 16.3. The molecule has 3 rings (SSSR count). The van der Waals surface area contributed by atoms with E-state index in [1.54, 1.807) is 0 Å². The van der Waals surface area contributed by atoms with Crippen LogP contribution in [0.25, 0.3) is 0 Å². The van der Waals surface area contributed by atoms with Crippen molar-refractivity contribution in [3.63, 3.8) is 0 Å². The van der Waals surface area contributed by atoms with Crippen molar-refractivity contribution in [1.29, 1.82) is 0 Å². The lowest BCUT2D eigenvalue weighted by Gasteiger charge is -2.56. The number of aliphatic hydroxyl groups is 1. The fraction of sp³-hybridized carbons (Fsp3) is 0.850. The van der Waals surface area contributed by atoms with Crippen LogP contribution in [0, 0.1) is 28.6 Å². The molecule has 0 aromatic carbocycles. The quantitative estimate of drug-likeness (QED) is 0.773. The van der Waals surface area contributed by atoms with Crippen LogP contribution in [0.4, 0.5) is 0 Å². The van der Waals surface area contributed by atoms with Gasteiger partial charge in [-0.3, -0.25) is 4.79 Å². The van der Waals surface area contributed by atoms with E-state index in [4.69, 9.17) is 0 Å². The second kappa shape index (κ2) is 5.19. The Hall–Kier alpha value is -0.630. The van der Waals surface area contributed by atoms with Gasteiger partial charge in [-0.2, -0.15) is 0 Å². The van der Waals surface area contributed by atoms with Gasteiger partial charge in [-0.15, -0.1) is 0 Å². The Kier molecular flexibility index (Phi) is 3.83. The van der Waals surface area contributed by atoms with Gasteiger partial charge >= 0.3 is 0 Å². The zero-order valence-corrected chi connectivity index (χ0v) is 14.9. The molecule has 0 spiro atoms. The first-order valence-corrected chi connectivity index (χ1v) is 9.13. The van der Waals surface area contributed by atoms with Gasteiger partial charge in [-0.1, -0.05) is 46.6 Å². The maximum absolute atomic E-state index is 13.0. The minimum atomic E-state index is -0.480. The summed E-state index contributed by atoms with van der Waals surface area (Å²) in [5, 5.41) is 10.6. The number of ketones is 1. The molecule has 2 nitrogen and oxygen atoms in total. The fourth-order valence-electron chi connectivity index (χ4n) is 6.06. The van der Waals surface area contributed by atoms with Crippen LogP contribution < -0.4 is 0 Å².